The van der Waals surface area contributed by atoms with E-state index < -0.39 is 0 Å². The first-order chi connectivity index (χ1) is 4.63. The van der Waals surface area contributed by atoms with Crippen molar-refractivity contribution in [2.45, 2.75) is 26.9 Å². The average molecular weight is 138 g/mol. The van der Waals surface area contributed by atoms with Crippen LogP contribution in [0.15, 0.2) is 23.3 Å². The molecule has 1 aliphatic carbocycles. The van der Waals surface area contributed by atoms with Crippen molar-refractivity contribution in [1.29, 1.82) is 0 Å². The number of rotatable bonds is 0. The molecule has 0 aromatic carbocycles. The first-order valence-corrected chi connectivity index (χ1v) is 3.66. The summed E-state index contributed by atoms with van der Waals surface area (Å²) in [6, 6.07) is 0. The molecular weight excluding hydrogens is 124 g/mol. The second-order valence-corrected chi connectivity index (χ2v) is 2.98. The van der Waals surface area contributed by atoms with Crippen LogP contribution in [0.3, 0.4) is 0 Å². The fraction of sp³-hybridized carbons (Fsp3) is 0.556. The summed E-state index contributed by atoms with van der Waals surface area (Å²) in [5, 5.41) is 9.32. The van der Waals surface area contributed by atoms with Crippen molar-refractivity contribution in [3.05, 3.63) is 23.3 Å². The lowest BCUT2D eigenvalue weighted by atomic mass is 9.90. The van der Waals surface area contributed by atoms with Crippen LogP contribution in [-0.2, 0) is 0 Å². The molecule has 0 spiro atoms. The van der Waals surface area contributed by atoms with E-state index in [0.717, 1.165) is 5.57 Å². The van der Waals surface area contributed by atoms with E-state index in [1.807, 2.05) is 19.1 Å². The molecule has 1 aliphatic rings. The zero-order chi connectivity index (χ0) is 7.72. The number of allylic oxidation sites excluding steroid dienone is 2. The van der Waals surface area contributed by atoms with Crippen molar-refractivity contribution in [3.8, 4) is 0 Å². The van der Waals surface area contributed by atoms with Gasteiger partial charge in [0.25, 0.3) is 0 Å². The zero-order valence-electron chi connectivity index (χ0n) is 6.76. The Hall–Kier alpha value is -0.560. The van der Waals surface area contributed by atoms with Gasteiger partial charge in [-0.3, -0.25) is 0 Å². The van der Waals surface area contributed by atoms with Crippen LogP contribution in [0.5, 0.6) is 0 Å². The summed E-state index contributed by atoms with van der Waals surface area (Å²) < 4.78 is 0. The van der Waals surface area contributed by atoms with Gasteiger partial charge in [0.2, 0.25) is 0 Å². The minimum absolute atomic E-state index is 0.337. The molecule has 0 aromatic heterocycles. The molecule has 0 saturated carbocycles. The first kappa shape index (κ1) is 7.55. The fourth-order valence-electron chi connectivity index (χ4n) is 1.15. The van der Waals surface area contributed by atoms with Gasteiger partial charge in [0.15, 0.2) is 0 Å². The molecule has 2 unspecified atom stereocenters. The average Bonchev–Trinajstić information content (AvgIpc) is 1.93. The van der Waals surface area contributed by atoms with E-state index in [4.69, 9.17) is 0 Å². The minimum Gasteiger partial charge on any atom is -0.385 e. The molecule has 1 nitrogen and oxygen atoms in total. The molecule has 0 aliphatic heterocycles. The largest absolute Gasteiger partial charge is 0.385 e. The van der Waals surface area contributed by atoms with Crippen LogP contribution in [0, 0.1) is 5.92 Å². The standard InChI is InChI=1S/C9H14O/c1-6-4-5-9(10)8(3)7(6)2/h4-6,9-10H,1-3H3. The van der Waals surface area contributed by atoms with Crippen molar-refractivity contribution in [1.82, 2.24) is 0 Å². The van der Waals surface area contributed by atoms with Crippen LogP contribution in [0.4, 0.5) is 0 Å². The number of aliphatic hydroxyl groups excluding tert-OH is 1. The normalized spacial score (nSPS) is 33.2. The third kappa shape index (κ3) is 1.14. The molecule has 0 heterocycles. The van der Waals surface area contributed by atoms with Gasteiger partial charge in [0, 0.05) is 0 Å². The SMILES string of the molecule is CC1=C(C)C(O)C=CC1C. The molecular formula is C9H14O. The fourth-order valence-corrected chi connectivity index (χ4v) is 1.15. The summed E-state index contributed by atoms with van der Waals surface area (Å²) in [5.41, 5.74) is 2.41. The summed E-state index contributed by atoms with van der Waals surface area (Å²) in [6.07, 6.45) is 3.57. The molecule has 0 radical (unpaired) electrons. The Kier molecular flexibility index (Phi) is 1.95. The lowest BCUT2D eigenvalue weighted by Crippen LogP contribution is -2.13. The summed E-state index contributed by atoms with van der Waals surface area (Å²) in [7, 11) is 0. The highest BCUT2D eigenvalue weighted by Gasteiger charge is 2.13. The van der Waals surface area contributed by atoms with Crippen molar-refractivity contribution in [3.63, 3.8) is 0 Å². The highest BCUT2D eigenvalue weighted by molar-refractivity contribution is 5.28. The van der Waals surface area contributed by atoms with Gasteiger partial charge in [0.1, 0.15) is 0 Å². The molecule has 0 fully saturated rings. The summed E-state index contributed by atoms with van der Waals surface area (Å²) in [6.45, 7) is 6.20. The molecule has 1 heteroatoms. The minimum atomic E-state index is -0.337. The number of aliphatic hydroxyl groups is 1. The summed E-state index contributed by atoms with van der Waals surface area (Å²) >= 11 is 0. The molecule has 0 bridgehead atoms. The van der Waals surface area contributed by atoms with Gasteiger partial charge in [-0.2, -0.15) is 0 Å². The monoisotopic (exact) mass is 138 g/mol. The van der Waals surface area contributed by atoms with E-state index in [1.54, 1.807) is 0 Å². The topological polar surface area (TPSA) is 20.2 Å². The molecule has 1 N–H and O–H groups in total. The third-order valence-corrected chi connectivity index (χ3v) is 2.33. The lowest BCUT2D eigenvalue weighted by molar-refractivity contribution is 0.253. The van der Waals surface area contributed by atoms with Gasteiger partial charge in [-0.15, -0.1) is 0 Å². The van der Waals surface area contributed by atoms with Gasteiger partial charge < -0.3 is 5.11 Å². The maximum Gasteiger partial charge on any atom is 0.0932 e. The lowest BCUT2D eigenvalue weighted by Gasteiger charge is -2.20. The van der Waals surface area contributed by atoms with Crippen LogP contribution in [0.25, 0.3) is 0 Å². The molecule has 0 aromatic rings. The molecule has 10 heavy (non-hydrogen) atoms. The van der Waals surface area contributed by atoms with E-state index in [-0.39, 0.29) is 6.10 Å². The Morgan fingerprint density at radius 3 is 2.30 bits per heavy atom. The Morgan fingerprint density at radius 2 is 1.80 bits per heavy atom. The van der Waals surface area contributed by atoms with Crippen molar-refractivity contribution in [2.75, 3.05) is 0 Å². The van der Waals surface area contributed by atoms with Crippen molar-refractivity contribution < 1.29 is 5.11 Å². The van der Waals surface area contributed by atoms with E-state index in [9.17, 15) is 5.11 Å². The van der Waals surface area contributed by atoms with E-state index in [2.05, 4.69) is 13.8 Å². The van der Waals surface area contributed by atoms with Gasteiger partial charge in [0.05, 0.1) is 6.10 Å². The van der Waals surface area contributed by atoms with Crippen molar-refractivity contribution >= 4 is 0 Å². The smallest absolute Gasteiger partial charge is 0.0932 e. The van der Waals surface area contributed by atoms with Crippen LogP contribution < -0.4 is 0 Å². The van der Waals surface area contributed by atoms with E-state index in [0.29, 0.717) is 5.92 Å². The molecule has 56 valence electrons. The first-order valence-electron chi connectivity index (χ1n) is 3.66. The summed E-state index contributed by atoms with van der Waals surface area (Å²) in [4.78, 5) is 0. The number of hydrogen-bond donors (Lipinski definition) is 1. The Morgan fingerprint density at radius 1 is 1.20 bits per heavy atom. The molecule has 2 atom stereocenters. The van der Waals surface area contributed by atoms with Gasteiger partial charge in [-0.1, -0.05) is 24.6 Å². The Bertz CT molecular complexity index is 169. The van der Waals surface area contributed by atoms with E-state index in [1.165, 1.54) is 5.57 Å². The molecule has 1 rings (SSSR count). The second-order valence-electron chi connectivity index (χ2n) is 2.98. The maximum absolute atomic E-state index is 9.32. The van der Waals surface area contributed by atoms with Crippen LogP contribution in [0.2, 0.25) is 0 Å². The second kappa shape index (κ2) is 2.59. The highest BCUT2D eigenvalue weighted by Crippen LogP contribution is 2.23. The third-order valence-electron chi connectivity index (χ3n) is 2.33. The van der Waals surface area contributed by atoms with Gasteiger partial charge >= 0.3 is 0 Å². The van der Waals surface area contributed by atoms with Crippen molar-refractivity contribution in [2.24, 2.45) is 5.92 Å². The van der Waals surface area contributed by atoms with Gasteiger partial charge in [-0.05, 0) is 25.3 Å². The number of hydrogen-bond acceptors (Lipinski definition) is 1. The van der Waals surface area contributed by atoms with Crippen LogP contribution >= 0.6 is 0 Å². The van der Waals surface area contributed by atoms with Crippen LogP contribution in [0.1, 0.15) is 20.8 Å². The van der Waals surface area contributed by atoms with Crippen LogP contribution in [-0.4, -0.2) is 11.2 Å². The quantitative estimate of drug-likeness (QED) is 0.507. The highest BCUT2D eigenvalue weighted by atomic mass is 16.3. The van der Waals surface area contributed by atoms with Gasteiger partial charge in [-0.25, -0.2) is 0 Å². The predicted octanol–water partition coefficient (Wildman–Crippen LogP) is 1.89. The van der Waals surface area contributed by atoms with E-state index >= 15 is 0 Å². The maximum atomic E-state index is 9.32. The predicted molar refractivity (Wildman–Crippen MR) is 42.7 cm³/mol. The Labute approximate surface area is 62.1 Å². The zero-order valence-corrected chi connectivity index (χ0v) is 6.76. The molecule has 0 saturated heterocycles. The molecule has 0 amide bonds. The summed E-state index contributed by atoms with van der Waals surface area (Å²) in [5.74, 6) is 0.503. The Balaban J connectivity index is 2.88.